The molecule has 0 bridgehead atoms. The summed E-state index contributed by atoms with van der Waals surface area (Å²) in [6.45, 7) is 2.58. The zero-order valence-corrected chi connectivity index (χ0v) is 21.1. The predicted octanol–water partition coefficient (Wildman–Crippen LogP) is 3.95. The van der Waals surface area contributed by atoms with Crippen molar-refractivity contribution in [1.82, 2.24) is 10.3 Å². The van der Waals surface area contributed by atoms with Crippen LogP contribution in [0.15, 0.2) is 82.9 Å². The minimum Gasteiger partial charge on any atom is -0.493 e. The molecule has 1 N–H and O–H groups in total. The number of hydrogen-bond acceptors (Lipinski definition) is 7. The van der Waals surface area contributed by atoms with E-state index < -0.39 is 6.17 Å². The van der Waals surface area contributed by atoms with Crippen molar-refractivity contribution in [1.29, 1.82) is 0 Å². The van der Waals surface area contributed by atoms with Crippen LogP contribution in [0.4, 0.5) is 0 Å². The lowest BCUT2D eigenvalue weighted by atomic mass is 10.1. The van der Waals surface area contributed by atoms with Crippen LogP contribution in [0, 0.1) is 0 Å². The summed E-state index contributed by atoms with van der Waals surface area (Å²) >= 11 is 1.55. The number of nitrogens with one attached hydrogen (secondary N) is 1. The topological polar surface area (TPSA) is 75.5 Å². The first-order valence-electron chi connectivity index (χ1n) is 12.0. The van der Waals surface area contributed by atoms with E-state index in [1.165, 1.54) is 0 Å². The molecule has 8 heteroatoms. The Bertz CT molecular complexity index is 1410. The Morgan fingerprint density at radius 1 is 1.03 bits per heavy atom. The molecule has 3 aromatic carbocycles. The van der Waals surface area contributed by atoms with Crippen LogP contribution < -0.4 is 25.4 Å². The molecular weight excluding hydrogens is 472 g/mol. The van der Waals surface area contributed by atoms with E-state index in [2.05, 4.69) is 12.2 Å². The van der Waals surface area contributed by atoms with Gasteiger partial charge in [0.05, 0.1) is 12.5 Å². The fraction of sp³-hybridized carbons (Fsp3) is 0.250. The number of amidine groups is 1. The minimum absolute atomic E-state index is 0.175. The molecule has 0 aromatic heterocycles. The zero-order valence-electron chi connectivity index (χ0n) is 20.3. The lowest BCUT2D eigenvalue weighted by Gasteiger charge is -2.34. The molecule has 0 radical (unpaired) electrons. The molecule has 184 valence electrons. The van der Waals surface area contributed by atoms with E-state index in [1.54, 1.807) is 23.9 Å². The maximum atomic E-state index is 13.2. The molecule has 0 aliphatic carbocycles. The van der Waals surface area contributed by atoms with Gasteiger partial charge in [0.2, 0.25) is 0 Å². The summed E-state index contributed by atoms with van der Waals surface area (Å²) in [5.74, 6) is 1.95. The first-order valence-corrected chi connectivity index (χ1v) is 13.0. The van der Waals surface area contributed by atoms with Crippen LogP contribution in [-0.2, 0) is 11.4 Å². The lowest BCUT2D eigenvalue weighted by Crippen LogP contribution is -2.50. The highest BCUT2D eigenvalue weighted by Gasteiger charge is 2.34. The van der Waals surface area contributed by atoms with Crippen molar-refractivity contribution in [2.75, 3.05) is 12.9 Å². The smallest absolute Gasteiger partial charge is 0.276 e. The van der Waals surface area contributed by atoms with Crippen molar-refractivity contribution in [2.45, 2.75) is 32.5 Å². The number of benzene rings is 3. The predicted molar refractivity (Wildman–Crippen MR) is 142 cm³/mol. The summed E-state index contributed by atoms with van der Waals surface area (Å²) in [7, 11) is 1.62. The number of nitrogens with zero attached hydrogens (tertiary/aromatic N) is 3. The number of thioether (sulfide) groups is 1. The van der Waals surface area contributed by atoms with Gasteiger partial charge in [-0.3, -0.25) is 15.1 Å². The number of methoxy groups -OCH3 is 1. The third-order valence-electron chi connectivity index (χ3n) is 5.98. The quantitative estimate of drug-likeness (QED) is 0.474. The number of hydrazone groups is 1. The summed E-state index contributed by atoms with van der Waals surface area (Å²) in [4.78, 5) is 18.2. The van der Waals surface area contributed by atoms with Crippen LogP contribution in [-0.4, -0.2) is 28.9 Å². The molecule has 1 atom stereocenters. The largest absolute Gasteiger partial charge is 0.493 e. The molecule has 0 saturated heterocycles. The highest BCUT2D eigenvalue weighted by molar-refractivity contribution is 8.13. The van der Waals surface area contributed by atoms with Crippen molar-refractivity contribution in [3.05, 3.63) is 94.5 Å². The van der Waals surface area contributed by atoms with Gasteiger partial charge in [-0.25, -0.2) is 5.01 Å². The number of para-hydroxylation sites is 1. The Labute approximate surface area is 214 Å². The number of hydrogen-bond donors (Lipinski definition) is 1. The van der Waals surface area contributed by atoms with Gasteiger partial charge >= 0.3 is 0 Å². The number of carbonyl (C=O) groups excluding carboxylic acids is 1. The lowest BCUT2D eigenvalue weighted by molar-refractivity contribution is -0.116. The van der Waals surface area contributed by atoms with E-state index >= 15 is 0 Å². The van der Waals surface area contributed by atoms with Crippen molar-refractivity contribution in [3.63, 3.8) is 0 Å². The third kappa shape index (κ3) is 4.95. The Balaban J connectivity index is 1.51. The molecule has 7 nitrogen and oxygen atoms in total. The SMILES string of the molecule is CCCCSC1=NN2C(=c3ccccc3=NC2c2ccc(OCc3ccccc3)c(OC)c2)C(=O)N1. The maximum Gasteiger partial charge on any atom is 0.276 e. The fourth-order valence-corrected chi connectivity index (χ4v) is 5.06. The summed E-state index contributed by atoms with van der Waals surface area (Å²) < 4.78 is 11.7. The van der Waals surface area contributed by atoms with Crippen LogP contribution in [0.2, 0.25) is 0 Å². The number of rotatable bonds is 8. The van der Waals surface area contributed by atoms with Crippen molar-refractivity contribution in [3.8, 4) is 11.5 Å². The highest BCUT2D eigenvalue weighted by atomic mass is 32.2. The molecule has 5 rings (SSSR count). The van der Waals surface area contributed by atoms with Crippen molar-refractivity contribution < 1.29 is 14.3 Å². The second-order valence-corrected chi connectivity index (χ2v) is 9.54. The van der Waals surface area contributed by atoms with Gasteiger partial charge in [0.25, 0.3) is 5.91 Å². The van der Waals surface area contributed by atoms with E-state index in [0.29, 0.717) is 29.0 Å². The normalized spacial score (nSPS) is 16.3. The number of ether oxygens (including phenoxy) is 2. The second-order valence-electron chi connectivity index (χ2n) is 8.46. The molecule has 2 aliphatic heterocycles. The Morgan fingerprint density at radius 3 is 2.64 bits per heavy atom. The molecule has 1 amide bonds. The molecular formula is C28H28N4O3S. The summed E-state index contributed by atoms with van der Waals surface area (Å²) in [6, 6.07) is 23.4. The maximum absolute atomic E-state index is 13.2. The number of fused-ring (bicyclic) bond motifs is 2. The summed E-state index contributed by atoms with van der Waals surface area (Å²) in [6.07, 6.45) is 1.62. The number of amides is 1. The van der Waals surface area contributed by atoms with Crippen molar-refractivity contribution >= 4 is 28.5 Å². The summed E-state index contributed by atoms with van der Waals surface area (Å²) in [5, 5.41) is 11.6. The van der Waals surface area contributed by atoms with E-state index in [4.69, 9.17) is 19.6 Å². The standard InChI is InChI=1S/C28H28N4O3S/c1-3-4-16-36-28-30-27(33)25-21-12-8-9-13-22(21)29-26(32(25)31-28)20-14-15-23(24(17-20)34-2)35-18-19-10-6-5-7-11-19/h5-15,17,26H,3-4,16,18H2,1-2H3,(H,30,31,33). The minimum atomic E-state index is -0.514. The molecule has 2 aliphatic rings. The van der Waals surface area contributed by atoms with E-state index in [-0.39, 0.29) is 5.91 Å². The molecule has 0 saturated carbocycles. The van der Waals surface area contributed by atoms with Gasteiger partial charge in [-0.2, -0.15) is 0 Å². The van der Waals surface area contributed by atoms with Gasteiger partial charge in [-0.05, 0) is 30.2 Å². The average molecular weight is 501 g/mol. The third-order valence-corrected chi connectivity index (χ3v) is 6.93. The van der Waals surface area contributed by atoms with E-state index in [9.17, 15) is 4.79 Å². The fourth-order valence-electron chi connectivity index (χ4n) is 4.12. The van der Waals surface area contributed by atoms with E-state index in [0.717, 1.165) is 40.3 Å². The van der Waals surface area contributed by atoms with Gasteiger partial charge < -0.3 is 9.47 Å². The van der Waals surface area contributed by atoms with Gasteiger partial charge in [-0.15, -0.1) is 5.10 Å². The Kier molecular flexibility index (Phi) is 7.23. The second kappa shape index (κ2) is 10.9. The first-order chi connectivity index (χ1) is 17.7. The molecule has 3 aromatic rings. The van der Waals surface area contributed by atoms with Crippen LogP contribution >= 0.6 is 11.8 Å². The van der Waals surface area contributed by atoms with Crippen LogP contribution in [0.25, 0.3) is 5.70 Å². The van der Waals surface area contributed by atoms with Gasteiger partial charge in [0.1, 0.15) is 12.3 Å². The molecule has 1 unspecified atom stereocenters. The number of carbonyl (C=O) groups is 1. The first kappa shape index (κ1) is 23.9. The van der Waals surface area contributed by atoms with Crippen LogP contribution in [0.5, 0.6) is 11.5 Å². The molecule has 0 fully saturated rings. The van der Waals surface area contributed by atoms with Crippen LogP contribution in [0.1, 0.15) is 37.1 Å². The number of unbranched alkanes of at least 4 members (excludes halogenated alkanes) is 1. The highest BCUT2D eigenvalue weighted by Crippen LogP contribution is 2.36. The van der Waals surface area contributed by atoms with Crippen LogP contribution in [0.3, 0.4) is 0 Å². The zero-order chi connectivity index (χ0) is 24.9. The molecule has 0 spiro atoms. The molecule has 2 heterocycles. The van der Waals surface area contributed by atoms with Gasteiger partial charge in [0, 0.05) is 16.5 Å². The van der Waals surface area contributed by atoms with Gasteiger partial charge in [-0.1, -0.05) is 79.7 Å². The van der Waals surface area contributed by atoms with E-state index in [1.807, 2.05) is 72.8 Å². The molecule has 36 heavy (non-hydrogen) atoms. The Hall–Kier alpha value is -3.78. The average Bonchev–Trinajstić information content (AvgIpc) is 2.92. The van der Waals surface area contributed by atoms with Gasteiger partial charge in [0.15, 0.2) is 22.8 Å². The Morgan fingerprint density at radius 2 is 1.83 bits per heavy atom. The van der Waals surface area contributed by atoms with Crippen molar-refractivity contribution in [2.24, 2.45) is 10.1 Å². The monoisotopic (exact) mass is 500 g/mol. The summed E-state index contributed by atoms with van der Waals surface area (Å²) in [5.41, 5.74) is 2.42.